The van der Waals surface area contributed by atoms with Crippen molar-refractivity contribution in [1.29, 1.82) is 0 Å². The van der Waals surface area contributed by atoms with Crippen LogP contribution in [0.4, 0.5) is 0 Å². The van der Waals surface area contributed by atoms with E-state index in [4.69, 9.17) is 0 Å². The van der Waals surface area contributed by atoms with Gasteiger partial charge in [-0.15, -0.1) is 0 Å². The number of aliphatic imine (C=N–C) groups is 1. The molecule has 1 heteroatoms. The van der Waals surface area contributed by atoms with Gasteiger partial charge in [0.15, 0.2) is 0 Å². The molecule has 0 saturated heterocycles. The summed E-state index contributed by atoms with van der Waals surface area (Å²) < 4.78 is 0. The Bertz CT molecular complexity index is 82.2. The number of rotatable bonds is 2. The van der Waals surface area contributed by atoms with Crippen LogP contribution in [0.1, 0.15) is 13.8 Å². The first-order valence-electron chi connectivity index (χ1n) is 2.44. The summed E-state index contributed by atoms with van der Waals surface area (Å²) in [6.07, 6.45) is 1.75. The average molecular weight is 97.2 g/mol. The molecule has 0 heterocycles. The minimum atomic E-state index is 0.859. The van der Waals surface area contributed by atoms with Crippen LogP contribution in [0.15, 0.2) is 17.6 Å². The highest BCUT2D eigenvalue weighted by atomic mass is 14.7. The highest BCUT2D eigenvalue weighted by Crippen LogP contribution is 1.75. The highest BCUT2D eigenvalue weighted by Gasteiger charge is 1.72. The van der Waals surface area contributed by atoms with Gasteiger partial charge in [-0.3, -0.25) is 4.99 Å². The van der Waals surface area contributed by atoms with Crippen LogP contribution in [-0.2, 0) is 0 Å². The summed E-state index contributed by atoms with van der Waals surface area (Å²) in [7, 11) is 0. The zero-order chi connectivity index (χ0) is 5.70. The Labute approximate surface area is 44.8 Å². The second-order valence-electron chi connectivity index (χ2n) is 1.32. The van der Waals surface area contributed by atoms with Crippen molar-refractivity contribution >= 4 is 5.71 Å². The molecule has 0 bridgehead atoms. The number of nitrogens with zero attached hydrogens (tertiary/aromatic N) is 1. The molecule has 0 aromatic rings. The van der Waals surface area contributed by atoms with Crippen LogP contribution in [0.2, 0.25) is 0 Å². The Morgan fingerprint density at radius 3 is 2.57 bits per heavy atom. The lowest BCUT2D eigenvalue weighted by Gasteiger charge is -1.83. The van der Waals surface area contributed by atoms with Crippen molar-refractivity contribution in [3.05, 3.63) is 12.7 Å². The molecule has 0 aromatic heterocycles. The van der Waals surface area contributed by atoms with Crippen LogP contribution in [0.25, 0.3) is 0 Å². The zero-order valence-electron chi connectivity index (χ0n) is 4.94. The van der Waals surface area contributed by atoms with Gasteiger partial charge in [0.2, 0.25) is 0 Å². The van der Waals surface area contributed by atoms with Gasteiger partial charge in [0.1, 0.15) is 0 Å². The van der Waals surface area contributed by atoms with E-state index in [1.165, 1.54) is 0 Å². The van der Waals surface area contributed by atoms with E-state index in [1.54, 1.807) is 6.08 Å². The van der Waals surface area contributed by atoms with Gasteiger partial charge in [0, 0.05) is 12.3 Å². The third-order valence-corrected chi connectivity index (χ3v) is 0.703. The molecule has 0 amide bonds. The molecule has 0 atom stereocenters. The van der Waals surface area contributed by atoms with Crippen LogP contribution >= 0.6 is 0 Å². The summed E-state index contributed by atoms with van der Waals surface area (Å²) in [6, 6.07) is 0. The molecule has 0 aliphatic carbocycles. The summed E-state index contributed by atoms with van der Waals surface area (Å²) in [5, 5.41) is 0. The smallest absolute Gasteiger partial charge is 0.0364 e. The molecule has 0 unspecified atom stereocenters. The Morgan fingerprint density at radius 1 is 1.86 bits per heavy atom. The molecule has 40 valence electrons. The largest absolute Gasteiger partial charge is 0.290 e. The molecule has 0 fully saturated rings. The van der Waals surface area contributed by atoms with Gasteiger partial charge in [0.25, 0.3) is 0 Å². The lowest BCUT2D eigenvalue weighted by molar-refractivity contribution is 1.13. The van der Waals surface area contributed by atoms with Crippen LogP contribution in [0.5, 0.6) is 0 Å². The van der Waals surface area contributed by atoms with E-state index >= 15 is 0 Å². The molecule has 0 N–H and O–H groups in total. The molecular weight excluding hydrogens is 86.1 g/mol. The van der Waals surface area contributed by atoms with Crippen molar-refractivity contribution < 1.29 is 0 Å². The molecule has 0 saturated carbocycles. The highest BCUT2D eigenvalue weighted by molar-refractivity contribution is 5.92. The third kappa shape index (κ3) is 3.23. The summed E-state index contributed by atoms with van der Waals surface area (Å²) >= 11 is 0. The van der Waals surface area contributed by atoms with Crippen LogP contribution in [0, 0.1) is 0 Å². The summed E-state index contributed by atoms with van der Waals surface area (Å²) in [4.78, 5) is 4.04. The molecule has 0 radical (unpaired) electrons. The van der Waals surface area contributed by atoms with Crippen molar-refractivity contribution in [2.24, 2.45) is 4.99 Å². The number of hydrogen-bond donors (Lipinski definition) is 0. The van der Waals surface area contributed by atoms with Gasteiger partial charge in [-0.25, -0.2) is 0 Å². The Balaban J connectivity index is 3.49. The Morgan fingerprint density at radius 2 is 2.43 bits per heavy atom. The van der Waals surface area contributed by atoms with Gasteiger partial charge in [0.05, 0.1) is 0 Å². The minimum absolute atomic E-state index is 0.859. The van der Waals surface area contributed by atoms with Crippen molar-refractivity contribution in [1.82, 2.24) is 0 Å². The molecule has 1 nitrogen and oxygen atoms in total. The first-order valence-corrected chi connectivity index (χ1v) is 2.44. The van der Waals surface area contributed by atoms with E-state index in [0.717, 1.165) is 12.3 Å². The lowest BCUT2D eigenvalue weighted by atomic mass is 10.4. The van der Waals surface area contributed by atoms with Crippen LogP contribution < -0.4 is 0 Å². The molecule has 0 aliphatic heterocycles. The first-order chi connectivity index (χ1) is 3.31. The summed E-state index contributed by atoms with van der Waals surface area (Å²) in [6.45, 7) is 8.36. The van der Waals surface area contributed by atoms with Crippen molar-refractivity contribution in [2.45, 2.75) is 13.8 Å². The Kier molecular flexibility index (Phi) is 3.29. The second-order valence-corrected chi connectivity index (χ2v) is 1.32. The average Bonchev–Trinajstić information content (AvgIpc) is 1.68. The minimum Gasteiger partial charge on any atom is -0.290 e. The standard InChI is InChI=1S/C6H11N/c1-4-6(3)7-5-2/h4H,1,5H2,2-3H3/b7-6-. The number of allylic oxidation sites excluding steroid dienone is 1. The predicted molar refractivity (Wildman–Crippen MR) is 33.8 cm³/mol. The SMILES string of the molecule is C=C/C(C)=N\CC. The maximum Gasteiger partial charge on any atom is 0.0364 e. The van der Waals surface area contributed by atoms with Gasteiger partial charge >= 0.3 is 0 Å². The van der Waals surface area contributed by atoms with Crippen molar-refractivity contribution in [3.8, 4) is 0 Å². The molecule has 7 heavy (non-hydrogen) atoms. The maximum absolute atomic E-state index is 4.04. The van der Waals surface area contributed by atoms with E-state index in [-0.39, 0.29) is 0 Å². The summed E-state index contributed by atoms with van der Waals surface area (Å²) in [5.74, 6) is 0. The van der Waals surface area contributed by atoms with E-state index in [9.17, 15) is 0 Å². The lowest BCUT2D eigenvalue weighted by Crippen LogP contribution is -1.82. The third-order valence-electron chi connectivity index (χ3n) is 0.703. The first kappa shape index (κ1) is 6.41. The molecule has 0 aromatic carbocycles. The van der Waals surface area contributed by atoms with Gasteiger partial charge in [-0.05, 0) is 19.9 Å². The topological polar surface area (TPSA) is 12.4 Å². The van der Waals surface area contributed by atoms with Gasteiger partial charge < -0.3 is 0 Å². The summed E-state index contributed by atoms with van der Waals surface area (Å²) in [5.41, 5.74) is 1.02. The van der Waals surface area contributed by atoms with Gasteiger partial charge in [-0.2, -0.15) is 0 Å². The van der Waals surface area contributed by atoms with E-state index < -0.39 is 0 Å². The monoisotopic (exact) mass is 97.1 g/mol. The van der Waals surface area contributed by atoms with Crippen LogP contribution in [0.3, 0.4) is 0 Å². The fraction of sp³-hybridized carbons (Fsp3) is 0.500. The predicted octanol–water partition coefficient (Wildman–Crippen LogP) is 1.65. The fourth-order valence-electron chi connectivity index (χ4n) is 0.314. The maximum atomic E-state index is 4.04. The fourth-order valence-corrected chi connectivity index (χ4v) is 0.314. The molecule has 0 aliphatic rings. The molecule has 0 spiro atoms. The number of hydrogen-bond acceptors (Lipinski definition) is 1. The quantitative estimate of drug-likeness (QED) is 0.464. The normalized spacial score (nSPS) is 11.4. The van der Waals surface area contributed by atoms with E-state index in [2.05, 4.69) is 11.6 Å². The van der Waals surface area contributed by atoms with Crippen molar-refractivity contribution in [2.75, 3.05) is 6.54 Å². The van der Waals surface area contributed by atoms with Gasteiger partial charge in [-0.1, -0.05) is 6.58 Å². The molecular formula is C6H11N. The van der Waals surface area contributed by atoms with Crippen molar-refractivity contribution in [3.63, 3.8) is 0 Å². The zero-order valence-corrected chi connectivity index (χ0v) is 4.94. The Hall–Kier alpha value is -0.590. The second kappa shape index (κ2) is 3.59. The van der Waals surface area contributed by atoms with E-state index in [1.807, 2.05) is 13.8 Å². The molecule has 0 rings (SSSR count). The van der Waals surface area contributed by atoms with Crippen LogP contribution in [-0.4, -0.2) is 12.3 Å². The van der Waals surface area contributed by atoms with E-state index in [0.29, 0.717) is 0 Å².